The fourth-order valence-electron chi connectivity index (χ4n) is 5.03. The maximum atomic E-state index is 13.9. The second-order valence-corrected chi connectivity index (χ2v) is 8.29. The Morgan fingerprint density at radius 1 is 0.875 bits per heavy atom. The summed E-state index contributed by atoms with van der Waals surface area (Å²) in [4.78, 5) is 7.23. The van der Waals surface area contributed by atoms with E-state index in [0.717, 1.165) is 16.2 Å². The van der Waals surface area contributed by atoms with E-state index in [1.165, 1.54) is 0 Å². The summed E-state index contributed by atoms with van der Waals surface area (Å²) in [7, 11) is 0. The van der Waals surface area contributed by atoms with Crippen LogP contribution in [0, 0.1) is 5.92 Å². The SMILES string of the molecule is FC(F)(F)c1ccc2nc(C(F)(F)F)n(C3CC4CNNC4C(c4ccccc4)C3)c2n1. The molecule has 2 aromatic heterocycles. The molecule has 5 nitrogen and oxygen atoms in total. The normalized spacial score (nSPS) is 26.4. The second-order valence-electron chi connectivity index (χ2n) is 8.29. The molecule has 2 N–H and O–H groups in total. The molecule has 5 rings (SSSR count). The van der Waals surface area contributed by atoms with Crippen LogP contribution >= 0.6 is 0 Å². The Labute approximate surface area is 178 Å². The van der Waals surface area contributed by atoms with Crippen LogP contribution in [-0.4, -0.2) is 27.1 Å². The molecule has 11 heteroatoms. The number of imidazole rings is 1. The summed E-state index contributed by atoms with van der Waals surface area (Å²) in [5.74, 6) is -1.34. The Bertz CT molecular complexity index is 1120. The molecule has 1 aliphatic carbocycles. The van der Waals surface area contributed by atoms with Crippen molar-refractivity contribution < 1.29 is 26.3 Å². The van der Waals surface area contributed by atoms with Gasteiger partial charge >= 0.3 is 12.4 Å². The highest BCUT2D eigenvalue weighted by Gasteiger charge is 2.46. The van der Waals surface area contributed by atoms with Crippen LogP contribution in [0.1, 0.15) is 41.9 Å². The molecule has 1 saturated heterocycles. The number of nitrogens with zero attached hydrogens (tertiary/aromatic N) is 3. The van der Waals surface area contributed by atoms with E-state index in [1.54, 1.807) is 0 Å². The topological polar surface area (TPSA) is 54.8 Å². The number of nitrogens with one attached hydrogen (secondary N) is 2. The van der Waals surface area contributed by atoms with Crippen LogP contribution in [0.3, 0.4) is 0 Å². The Morgan fingerprint density at radius 2 is 1.62 bits per heavy atom. The standard InChI is InChI=1S/C21H19F6N5/c22-20(23,24)16-7-6-15-18(30-16)32(19(29-15)21(25,26)27)13-8-12-10-28-31-17(12)14(9-13)11-4-2-1-3-5-11/h1-7,12-14,17,28,31H,8-10H2. The Balaban J connectivity index is 1.65. The molecule has 32 heavy (non-hydrogen) atoms. The molecule has 0 radical (unpaired) electrons. The average molecular weight is 455 g/mol. The highest BCUT2D eigenvalue weighted by molar-refractivity contribution is 5.72. The minimum Gasteiger partial charge on any atom is -0.302 e. The molecule has 0 amide bonds. The molecule has 4 unspecified atom stereocenters. The summed E-state index contributed by atoms with van der Waals surface area (Å²) in [6.07, 6.45) is -8.93. The molecular formula is C21H19F6N5. The first-order valence-electron chi connectivity index (χ1n) is 10.2. The number of hydrogen-bond donors (Lipinski definition) is 2. The number of hydrogen-bond acceptors (Lipinski definition) is 4. The van der Waals surface area contributed by atoms with E-state index in [4.69, 9.17) is 0 Å². The highest BCUT2D eigenvalue weighted by Crippen LogP contribution is 2.46. The number of hydrazine groups is 1. The van der Waals surface area contributed by atoms with Crippen molar-refractivity contribution in [2.75, 3.05) is 6.54 Å². The smallest absolute Gasteiger partial charge is 0.302 e. The predicted octanol–water partition coefficient (Wildman–Crippen LogP) is 4.68. The first kappa shape index (κ1) is 21.2. The molecule has 1 aromatic carbocycles. The van der Waals surface area contributed by atoms with Crippen LogP contribution < -0.4 is 10.9 Å². The molecule has 2 fully saturated rings. The summed E-state index contributed by atoms with van der Waals surface area (Å²) in [5, 5.41) is 0. The number of alkyl halides is 6. The fourth-order valence-corrected chi connectivity index (χ4v) is 5.03. The van der Waals surface area contributed by atoms with Gasteiger partial charge in [-0.1, -0.05) is 30.3 Å². The van der Waals surface area contributed by atoms with Crippen molar-refractivity contribution in [3.05, 3.63) is 59.5 Å². The van der Waals surface area contributed by atoms with Crippen molar-refractivity contribution in [2.24, 2.45) is 5.92 Å². The number of rotatable bonds is 2. The van der Waals surface area contributed by atoms with Crippen LogP contribution in [0.4, 0.5) is 26.3 Å². The zero-order valence-electron chi connectivity index (χ0n) is 16.6. The van der Waals surface area contributed by atoms with Gasteiger partial charge in [0.1, 0.15) is 11.2 Å². The van der Waals surface area contributed by atoms with Gasteiger partial charge in [-0.15, -0.1) is 0 Å². The Morgan fingerprint density at radius 3 is 2.31 bits per heavy atom. The van der Waals surface area contributed by atoms with Gasteiger partial charge in [-0.25, -0.2) is 9.97 Å². The molecule has 2 aliphatic rings. The van der Waals surface area contributed by atoms with Crippen LogP contribution in [0.2, 0.25) is 0 Å². The number of fused-ring (bicyclic) bond motifs is 2. The number of aromatic nitrogens is 3. The first-order chi connectivity index (χ1) is 15.1. The molecule has 1 saturated carbocycles. The largest absolute Gasteiger partial charge is 0.449 e. The molecule has 0 spiro atoms. The zero-order chi connectivity index (χ0) is 22.7. The lowest BCUT2D eigenvalue weighted by molar-refractivity contribution is -0.148. The Hall–Kier alpha value is -2.66. The first-order valence-corrected chi connectivity index (χ1v) is 10.2. The third-order valence-corrected chi connectivity index (χ3v) is 6.35. The van der Waals surface area contributed by atoms with Crippen LogP contribution in [-0.2, 0) is 12.4 Å². The summed E-state index contributed by atoms with van der Waals surface area (Å²) >= 11 is 0. The van der Waals surface area contributed by atoms with E-state index in [9.17, 15) is 26.3 Å². The number of pyridine rings is 1. The summed E-state index contributed by atoms with van der Waals surface area (Å²) < 4.78 is 82.4. The van der Waals surface area contributed by atoms with E-state index in [1.807, 2.05) is 30.3 Å². The zero-order valence-corrected chi connectivity index (χ0v) is 16.6. The predicted molar refractivity (Wildman–Crippen MR) is 103 cm³/mol. The quantitative estimate of drug-likeness (QED) is 0.551. The molecule has 170 valence electrons. The van der Waals surface area contributed by atoms with Gasteiger partial charge in [-0.3, -0.25) is 10.9 Å². The molecule has 1 aliphatic heterocycles. The van der Waals surface area contributed by atoms with Crippen molar-refractivity contribution in [1.82, 2.24) is 25.4 Å². The molecule has 3 heterocycles. The van der Waals surface area contributed by atoms with Gasteiger partial charge < -0.3 is 4.57 Å². The Kier molecular flexibility index (Phi) is 4.93. The minimum atomic E-state index is -4.83. The van der Waals surface area contributed by atoms with Crippen molar-refractivity contribution in [1.29, 1.82) is 0 Å². The lowest BCUT2D eigenvalue weighted by Crippen LogP contribution is -2.42. The lowest BCUT2D eigenvalue weighted by Gasteiger charge is -2.39. The maximum absolute atomic E-state index is 13.9. The number of halogens is 6. The third kappa shape index (κ3) is 3.62. The van der Waals surface area contributed by atoms with E-state index >= 15 is 0 Å². The van der Waals surface area contributed by atoms with Gasteiger partial charge in [0.15, 0.2) is 5.65 Å². The number of benzene rings is 1. The van der Waals surface area contributed by atoms with Gasteiger partial charge in [0.2, 0.25) is 5.82 Å². The van der Waals surface area contributed by atoms with Gasteiger partial charge in [0, 0.05) is 24.5 Å². The van der Waals surface area contributed by atoms with Crippen LogP contribution in [0.25, 0.3) is 11.2 Å². The molecular weight excluding hydrogens is 436 g/mol. The molecule has 0 bridgehead atoms. The highest BCUT2D eigenvalue weighted by atomic mass is 19.4. The van der Waals surface area contributed by atoms with Gasteiger partial charge in [0.05, 0.1) is 0 Å². The van der Waals surface area contributed by atoms with Crippen LogP contribution in [0.5, 0.6) is 0 Å². The summed E-state index contributed by atoms with van der Waals surface area (Å²) in [6.45, 7) is 0.555. The van der Waals surface area contributed by atoms with Gasteiger partial charge in [0.25, 0.3) is 0 Å². The molecule has 3 aromatic rings. The minimum absolute atomic E-state index is 0.00304. The molecule has 4 atom stereocenters. The second kappa shape index (κ2) is 7.45. The van der Waals surface area contributed by atoms with Crippen molar-refractivity contribution in [2.45, 2.75) is 43.2 Å². The monoisotopic (exact) mass is 455 g/mol. The van der Waals surface area contributed by atoms with Crippen molar-refractivity contribution in [3.63, 3.8) is 0 Å². The summed E-state index contributed by atoms with van der Waals surface area (Å²) in [6, 6.07) is 10.3. The summed E-state index contributed by atoms with van der Waals surface area (Å²) in [5.41, 5.74) is 5.44. The van der Waals surface area contributed by atoms with E-state index < -0.39 is 29.9 Å². The third-order valence-electron chi connectivity index (χ3n) is 6.35. The van der Waals surface area contributed by atoms with Crippen LogP contribution in [0.15, 0.2) is 42.5 Å². The van der Waals surface area contributed by atoms with E-state index in [2.05, 4.69) is 20.8 Å². The maximum Gasteiger partial charge on any atom is 0.449 e. The fraction of sp³-hybridized carbons (Fsp3) is 0.429. The van der Waals surface area contributed by atoms with Crippen molar-refractivity contribution in [3.8, 4) is 0 Å². The van der Waals surface area contributed by atoms with E-state index in [-0.39, 0.29) is 29.0 Å². The lowest BCUT2D eigenvalue weighted by atomic mass is 9.72. The van der Waals surface area contributed by atoms with Gasteiger partial charge in [-0.05, 0) is 36.5 Å². The average Bonchev–Trinajstić information content (AvgIpc) is 3.36. The van der Waals surface area contributed by atoms with Crippen molar-refractivity contribution >= 4 is 11.2 Å². The van der Waals surface area contributed by atoms with E-state index in [0.29, 0.717) is 25.5 Å². The van der Waals surface area contributed by atoms with Gasteiger partial charge in [-0.2, -0.15) is 26.3 Å².